The second-order valence-electron chi connectivity index (χ2n) is 6.10. The van der Waals surface area contributed by atoms with Gasteiger partial charge in [0.15, 0.2) is 0 Å². The number of hydrogen-bond donors (Lipinski definition) is 0. The van der Waals surface area contributed by atoms with Crippen LogP contribution >= 0.6 is 0 Å². The van der Waals surface area contributed by atoms with Crippen LogP contribution in [-0.2, 0) is 0 Å². The van der Waals surface area contributed by atoms with Crippen molar-refractivity contribution in [3.05, 3.63) is 52.2 Å². The van der Waals surface area contributed by atoms with Crippen molar-refractivity contribution in [3.8, 4) is 11.9 Å². The maximum atomic E-state index is 13.2. The molecular formula is C20H24N2O3. The summed E-state index contributed by atoms with van der Waals surface area (Å²) in [6, 6.07) is 5.87. The van der Waals surface area contributed by atoms with Crippen molar-refractivity contribution >= 4 is 11.9 Å². The number of aromatic nitrogens is 2. The zero-order chi connectivity index (χ0) is 18.6. The number of rotatable bonds is 6. The fraction of sp³-hybridized carbons (Fsp3) is 0.350. The molecule has 0 aliphatic carbocycles. The molecule has 2 aromatic rings. The smallest absolute Gasteiger partial charge is 0.320 e. The first-order valence-electron chi connectivity index (χ1n) is 8.20. The van der Waals surface area contributed by atoms with E-state index in [0.29, 0.717) is 22.7 Å². The number of aryl methyl sites for hydroxylation is 1. The predicted octanol–water partition coefficient (Wildman–Crippen LogP) is 4.19. The molecule has 132 valence electrons. The zero-order valence-corrected chi connectivity index (χ0v) is 15.6. The van der Waals surface area contributed by atoms with Gasteiger partial charge >= 0.3 is 6.01 Å². The highest BCUT2D eigenvalue weighted by Crippen LogP contribution is 2.30. The van der Waals surface area contributed by atoms with E-state index in [1.807, 2.05) is 58.0 Å². The van der Waals surface area contributed by atoms with Crippen LogP contribution in [0.5, 0.6) is 11.9 Å². The third-order valence-electron chi connectivity index (χ3n) is 3.78. The quantitative estimate of drug-likeness (QED) is 0.738. The largest absolute Gasteiger partial charge is 0.481 e. The Kier molecular flexibility index (Phi) is 5.91. The molecule has 0 aliphatic rings. The van der Waals surface area contributed by atoms with Gasteiger partial charge in [0.25, 0.3) is 0 Å². The molecule has 1 aromatic carbocycles. The third kappa shape index (κ3) is 4.05. The molecule has 0 unspecified atom stereocenters. The lowest BCUT2D eigenvalue weighted by Crippen LogP contribution is -2.14. The second kappa shape index (κ2) is 7.92. The van der Waals surface area contributed by atoms with Crippen LogP contribution < -0.4 is 9.47 Å². The minimum atomic E-state index is -0.169. The highest BCUT2D eigenvalue weighted by molar-refractivity contribution is 6.09. The van der Waals surface area contributed by atoms with Crippen molar-refractivity contribution in [2.24, 2.45) is 0 Å². The Bertz CT molecular complexity index is 811. The van der Waals surface area contributed by atoms with E-state index in [4.69, 9.17) is 9.47 Å². The molecule has 0 N–H and O–H groups in total. The molecule has 0 bridgehead atoms. The van der Waals surface area contributed by atoms with E-state index in [9.17, 15) is 4.79 Å². The monoisotopic (exact) mass is 340 g/mol. The van der Waals surface area contributed by atoms with E-state index in [1.165, 1.54) is 14.2 Å². The van der Waals surface area contributed by atoms with Crippen LogP contribution in [0.15, 0.2) is 24.3 Å². The number of methoxy groups -OCH3 is 2. The predicted molar refractivity (Wildman–Crippen MR) is 98.5 cm³/mol. The molecule has 1 aromatic heterocycles. The fourth-order valence-electron chi connectivity index (χ4n) is 2.74. The maximum absolute atomic E-state index is 13.2. The van der Waals surface area contributed by atoms with Crippen LogP contribution in [0.4, 0.5) is 0 Å². The Morgan fingerprint density at radius 2 is 1.84 bits per heavy atom. The van der Waals surface area contributed by atoms with Gasteiger partial charge in [0.05, 0.1) is 14.2 Å². The Morgan fingerprint density at radius 3 is 2.40 bits per heavy atom. The van der Waals surface area contributed by atoms with Crippen molar-refractivity contribution in [3.63, 3.8) is 0 Å². The van der Waals surface area contributed by atoms with Crippen molar-refractivity contribution < 1.29 is 14.3 Å². The summed E-state index contributed by atoms with van der Waals surface area (Å²) < 4.78 is 10.5. The van der Waals surface area contributed by atoms with Crippen molar-refractivity contribution in [2.75, 3.05) is 14.2 Å². The molecule has 0 saturated heterocycles. The lowest BCUT2D eigenvalue weighted by molar-refractivity contribution is 0.103. The first-order chi connectivity index (χ1) is 11.9. The summed E-state index contributed by atoms with van der Waals surface area (Å²) in [5, 5.41) is 0. The highest BCUT2D eigenvalue weighted by Gasteiger charge is 2.24. The fourth-order valence-corrected chi connectivity index (χ4v) is 2.74. The van der Waals surface area contributed by atoms with Gasteiger partial charge < -0.3 is 9.47 Å². The van der Waals surface area contributed by atoms with Crippen LogP contribution in [0, 0.1) is 6.92 Å². The molecule has 0 saturated carbocycles. The number of nitrogens with zero attached hydrogens (tertiary/aromatic N) is 2. The zero-order valence-electron chi connectivity index (χ0n) is 15.6. The normalized spacial score (nSPS) is 11.2. The first-order valence-corrected chi connectivity index (χ1v) is 8.20. The number of ketones is 1. The van der Waals surface area contributed by atoms with Crippen LogP contribution in [0.1, 0.15) is 59.4 Å². The van der Waals surface area contributed by atoms with E-state index in [-0.39, 0.29) is 17.7 Å². The Morgan fingerprint density at radius 1 is 1.12 bits per heavy atom. The van der Waals surface area contributed by atoms with E-state index >= 15 is 0 Å². The molecule has 1 heterocycles. The number of hydrogen-bond acceptors (Lipinski definition) is 5. The Balaban J connectivity index is 2.66. The summed E-state index contributed by atoms with van der Waals surface area (Å²) in [5.41, 5.74) is 3.57. The maximum Gasteiger partial charge on any atom is 0.320 e. The molecule has 0 atom stereocenters. The lowest BCUT2D eigenvalue weighted by Gasteiger charge is -2.16. The van der Waals surface area contributed by atoms with Crippen molar-refractivity contribution in [1.82, 2.24) is 9.97 Å². The minimum Gasteiger partial charge on any atom is -0.481 e. The molecule has 0 aliphatic heterocycles. The summed E-state index contributed by atoms with van der Waals surface area (Å²) in [6.45, 7) is 7.87. The Labute approximate surface area is 148 Å². The van der Waals surface area contributed by atoms with Crippen molar-refractivity contribution in [2.45, 2.75) is 33.6 Å². The molecule has 0 spiro atoms. The molecule has 0 radical (unpaired) electrons. The Hall–Kier alpha value is -2.69. The van der Waals surface area contributed by atoms with Gasteiger partial charge in [-0.25, -0.2) is 0 Å². The molecule has 0 amide bonds. The molecular weight excluding hydrogens is 316 g/mol. The third-order valence-corrected chi connectivity index (χ3v) is 3.78. The van der Waals surface area contributed by atoms with Crippen molar-refractivity contribution in [1.29, 1.82) is 0 Å². The number of ether oxygens (including phenoxy) is 2. The van der Waals surface area contributed by atoms with Gasteiger partial charge in [0, 0.05) is 11.1 Å². The van der Waals surface area contributed by atoms with Gasteiger partial charge in [0.2, 0.25) is 11.7 Å². The van der Waals surface area contributed by atoms with Gasteiger partial charge in [-0.3, -0.25) is 4.79 Å². The number of allylic oxidation sites excluding steroid dienone is 1. The van der Waals surface area contributed by atoms with Crippen LogP contribution in [-0.4, -0.2) is 30.0 Å². The number of benzene rings is 1. The standard InChI is InChI=1S/C20H24N2O3/c1-7-8-14-9-13(4)10-15(11-14)18(23)17-16(12(2)3)19(24-5)22-20(21-17)25-6/h7-12H,1-6H3. The minimum absolute atomic E-state index is 0.0274. The number of carbonyl (C=O) groups excluding carboxylic acids is 1. The van der Waals surface area contributed by atoms with E-state index in [0.717, 1.165) is 11.1 Å². The van der Waals surface area contributed by atoms with E-state index in [2.05, 4.69) is 9.97 Å². The molecule has 0 fully saturated rings. The SMILES string of the molecule is CC=Cc1cc(C)cc(C(=O)c2nc(OC)nc(OC)c2C(C)C)c1. The average Bonchev–Trinajstić information content (AvgIpc) is 2.59. The van der Waals surface area contributed by atoms with E-state index < -0.39 is 0 Å². The lowest BCUT2D eigenvalue weighted by atomic mass is 9.95. The molecule has 5 nitrogen and oxygen atoms in total. The average molecular weight is 340 g/mol. The summed E-state index contributed by atoms with van der Waals surface area (Å²) in [5.74, 6) is 0.225. The first kappa shape index (κ1) is 18.6. The van der Waals surface area contributed by atoms with Crippen LogP contribution in [0.3, 0.4) is 0 Å². The summed E-state index contributed by atoms with van der Waals surface area (Å²) in [6.07, 6.45) is 3.91. The van der Waals surface area contributed by atoms with Crippen LogP contribution in [0.25, 0.3) is 6.08 Å². The van der Waals surface area contributed by atoms with E-state index in [1.54, 1.807) is 0 Å². The van der Waals surface area contributed by atoms with Gasteiger partial charge in [0.1, 0.15) is 5.69 Å². The molecule has 25 heavy (non-hydrogen) atoms. The van der Waals surface area contributed by atoms with Crippen LogP contribution in [0.2, 0.25) is 0 Å². The summed E-state index contributed by atoms with van der Waals surface area (Å²) in [4.78, 5) is 21.7. The summed E-state index contributed by atoms with van der Waals surface area (Å²) >= 11 is 0. The molecule has 2 rings (SSSR count). The van der Waals surface area contributed by atoms with Gasteiger partial charge in [-0.15, -0.1) is 0 Å². The van der Waals surface area contributed by atoms with Gasteiger partial charge in [-0.1, -0.05) is 32.1 Å². The highest BCUT2D eigenvalue weighted by atomic mass is 16.5. The van der Waals surface area contributed by atoms with Gasteiger partial charge in [-0.2, -0.15) is 9.97 Å². The molecule has 5 heteroatoms. The second-order valence-corrected chi connectivity index (χ2v) is 6.10. The topological polar surface area (TPSA) is 61.3 Å². The number of carbonyl (C=O) groups is 1. The summed E-state index contributed by atoms with van der Waals surface area (Å²) in [7, 11) is 2.99. The van der Waals surface area contributed by atoms with Gasteiger partial charge in [-0.05, 0) is 43.0 Å².